The fourth-order valence-corrected chi connectivity index (χ4v) is 2.95. The van der Waals surface area contributed by atoms with Crippen LogP contribution in [0.4, 0.5) is 0 Å². The average molecular weight is 283 g/mol. The fourth-order valence-electron chi connectivity index (χ4n) is 2.95. The summed E-state index contributed by atoms with van der Waals surface area (Å²) in [5.41, 5.74) is 1.31. The Balaban J connectivity index is 1.97. The van der Waals surface area contributed by atoms with Gasteiger partial charge in [-0.2, -0.15) is 10.2 Å². The molecule has 2 aromatic rings. The Bertz CT molecular complexity index is 666. The van der Waals surface area contributed by atoms with Crippen molar-refractivity contribution in [3.8, 4) is 17.5 Å². The van der Waals surface area contributed by atoms with Crippen molar-refractivity contribution in [2.24, 2.45) is 0 Å². The Labute approximate surface area is 123 Å². The lowest BCUT2D eigenvalue weighted by molar-refractivity contribution is -0.0178. The molecule has 0 amide bonds. The van der Waals surface area contributed by atoms with Gasteiger partial charge in [-0.3, -0.25) is 0 Å². The second-order valence-corrected chi connectivity index (χ2v) is 5.32. The monoisotopic (exact) mass is 283 g/mol. The third-order valence-electron chi connectivity index (χ3n) is 4.15. The van der Waals surface area contributed by atoms with E-state index in [0.29, 0.717) is 18.1 Å². The van der Waals surface area contributed by atoms with Crippen LogP contribution in [0, 0.1) is 11.3 Å². The average Bonchev–Trinajstić information content (AvgIpc) is 3.18. The van der Waals surface area contributed by atoms with Gasteiger partial charge in [0.25, 0.3) is 5.89 Å². The predicted molar refractivity (Wildman–Crippen MR) is 76.2 cm³/mol. The molecule has 1 aromatic heterocycles. The summed E-state index contributed by atoms with van der Waals surface area (Å²) < 4.78 is 11.1. The van der Waals surface area contributed by atoms with Crippen LogP contribution in [0.2, 0.25) is 0 Å². The molecule has 0 N–H and O–H groups in total. The highest BCUT2D eigenvalue weighted by Crippen LogP contribution is 2.40. The number of benzene rings is 1. The maximum absolute atomic E-state index is 8.91. The van der Waals surface area contributed by atoms with Crippen molar-refractivity contribution < 1.29 is 9.26 Å². The molecular weight excluding hydrogens is 266 g/mol. The van der Waals surface area contributed by atoms with E-state index < -0.39 is 5.60 Å². The molecule has 108 valence electrons. The number of methoxy groups -OCH3 is 1. The molecule has 5 heteroatoms. The van der Waals surface area contributed by atoms with Crippen molar-refractivity contribution in [3.05, 3.63) is 35.7 Å². The van der Waals surface area contributed by atoms with Crippen molar-refractivity contribution in [3.63, 3.8) is 0 Å². The Morgan fingerprint density at radius 2 is 2.10 bits per heavy atom. The van der Waals surface area contributed by atoms with Crippen LogP contribution in [-0.2, 0) is 16.8 Å². The summed E-state index contributed by atoms with van der Waals surface area (Å²) in [6.07, 6.45) is 4.39. The molecule has 0 saturated heterocycles. The molecule has 0 atom stereocenters. The number of aromatic nitrogens is 2. The van der Waals surface area contributed by atoms with Gasteiger partial charge in [-0.15, -0.1) is 0 Å². The Kier molecular flexibility index (Phi) is 3.72. The van der Waals surface area contributed by atoms with Gasteiger partial charge in [0.1, 0.15) is 5.60 Å². The maximum atomic E-state index is 8.91. The highest BCUT2D eigenvalue weighted by atomic mass is 16.5. The summed E-state index contributed by atoms with van der Waals surface area (Å²) in [5, 5.41) is 13.0. The zero-order valence-electron chi connectivity index (χ0n) is 12.0. The maximum Gasteiger partial charge on any atom is 0.258 e. The van der Waals surface area contributed by atoms with Crippen molar-refractivity contribution in [1.82, 2.24) is 10.1 Å². The van der Waals surface area contributed by atoms with E-state index in [4.69, 9.17) is 14.5 Å². The Morgan fingerprint density at radius 3 is 2.81 bits per heavy atom. The van der Waals surface area contributed by atoms with Crippen LogP contribution >= 0.6 is 0 Å². The first-order valence-electron chi connectivity index (χ1n) is 7.14. The van der Waals surface area contributed by atoms with E-state index in [9.17, 15) is 0 Å². The van der Waals surface area contributed by atoms with E-state index in [0.717, 1.165) is 36.8 Å². The topological polar surface area (TPSA) is 71.9 Å². The molecule has 1 aliphatic carbocycles. The number of hydrogen-bond acceptors (Lipinski definition) is 5. The first-order valence-corrected chi connectivity index (χ1v) is 7.14. The molecule has 1 aliphatic rings. The van der Waals surface area contributed by atoms with E-state index in [1.54, 1.807) is 7.11 Å². The fraction of sp³-hybridized carbons (Fsp3) is 0.438. The van der Waals surface area contributed by atoms with Gasteiger partial charge in [0, 0.05) is 12.7 Å². The van der Waals surface area contributed by atoms with Gasteiger partial charge >= 0.3 is 0 Å². The molecular formula is C16H17N3O2. The zero-order valence-corrected chi connectivity index (χ0v) is 12.0. The molecule has 5 nitrogen and oxygen atoms in total. The van der Waals surface area contributed by atoms with E-state index >= 15 is 0 Å². The van der Waals surface area contributed by atoms with Crippen LogP contribution in [0.1, 0.15) is 37.1 Å². The van der Waals surface area contributed by atoms with E-state index in [1.165, 1.54) is 0 Å². The molecule has 0 radical (unpaired) electrons. The summed E-state index contributed by atoms with van der Waals surface area (Å²) in [5.74, 6) is 1.07. The summed E-state index contributed by atoms with van der Waals surface area (Å²) in [6, 6.07) is 9.78. The molecule has 1 heterocycles. The quantitative estimate of drug-likeness (QED) is 0.861. The predicted octanol–water partition coefficient (Wildman–Crippen LogP) is 3.22. The minimum atomic E-state index is -0.411. The molecule has 1 aromatic carbocycles. The number of hydrogen-bond donors (Lipinski definition) is 0. The highest BCUT2D eigenvalue weighted by molar-refractivity contribution is 5.59. The number of nitriles is 1. The van der Waals surface area contributed by atoms with Gasteiger partial charge in [0.15, 0.2) is 0 Å². The van der Waals surface area contributed by atoms with Crippen LogP contribution in [0.5, 0.6) is 0 Å². The highest BCUT2D eigenvalue weighted by Gasteiger charge is 2.40. The van der Waals surface area contributed by atoms with Gasteiger partial charge in [-0.25, -0.2) is 0 Å². The molecule has 0 unspecified atom stereocenters. The molecule has 0 spiro atoms. The zero-order chi connectivity index (χ0) is 14.7. The molecule has 21 heavy (non-hydrogen) atoms. The van der Waals surface area contributed by atoms with Crippen LogP contribution in [0.15, 0.2) is 28.8 Å². The van der Waals surface area contributed by atoms with Gasteiger partial charge in [0.2, 0.25) is 5.82 Å². The van der Waals surface area contributed by atoms with E-state index in [2.05, 4.69) is 16.2 Å². The van der Waals surface area contributed by atoms with Crippen molar-refractivity contribution in [2.75, 3.05) is 7.11 Å². The second kappa shape index (κ2) is 5.66. The molecule has 0 bridgehead atoms. The smallest absolute Gasteiger partial charge is 0.258 e. The molecule has 1 saturated carbocycles. The van der Waals surface area contributed by atoms with Crippen molar-refractivity contribution in [1.29, 1.82) is 5.26 Å². The number of nitrogens with zero attached hydrogens (tertiary/aromatic N) is 3. The normalized spacial score (nSPS) is 16.8. The first-order chi connectivity index (χ1) is 10.3. The van der Waals surface area contributed by atoms with Crippen LogP contribution in [0.3, 0.4) is 0 Å². The number of ether oxygens (including phenoxy) is 1. The SMILES string of the molecule is COC1(c2noc(-c3ccccc3CC#N)n2)CCCC1. The largest absolute Gasteiger partial charge is 0.370 e. The van der Waals surface area contributed by atoms with Crippen LogP contribution in [0.25, 0.3) is 11.5 Å². The minimum Gasteiger partial charge on any atom is -0.370 e. The third-order valence-corrected chi connectivity index (χ3v) is 4.15. The van der Waals surface area contributed by atoms with Gasteiger partial charge in [-0.05, 0) is 37.3 Å². The lowest BCUT2D eigenvalue weighted by atomic mass is 10.0. The second-order valence-electron chi connectivity index (χ2n) is 5.32. The minimum absolute atomic E-state index is 0.323. The standard InChI is InChI=1S/C16H17N3O2/c1-20-16(9-4-5-10-16)15-18-14(21-19-15)13-7-3-2-6-12(13)8-11-17/h2-3,6-7H,4-5,8-10H2,1H3. The summed E-state index contributed by atoms with van der Waals surface area (Å²) in [4.78, 5) is 4.54. The van der Waals surface area contributed by atoms with Gasteiger partial charge < -0.3 is 9.26 Å². The molecule has 0 aliphatic heterocycles. The van der Waals surface area contributed by atoms with Gasteiger partial charge in [-0.1, -0.05) is 23.4 Å². The van der Waals surface area contributed by atoms with Crippen molar-refractivity contribution in [2.45, 2.75) is 37.7 Å². The van der Waals surface area contributed by atoms with E-state index in [1.807, 2.05) is 24.3 Å². The molecule has 3 rings (SSSR count). The molecule has 1 fully saturated rings. The Morgan fingerprint density at radius 1 is 1.33 bits per heavy atom. The van der Waals surface area contributed by atoms with Crippen LogP contribution < -0.4 is 0 Å². The van der Waals surface area contributed by atoms with Crippen molar-refractivity contribution >= 4 is 0 Å². The van der Waals surface area contributed by atoms with Gasteiger partial charge in [0.05, 0.1) is 12.5 Å². The van der Waals surface area contributed by atoms with E-state index in [-0.39, 0.29) is 0 Å². The van der Waals surface area contributed by atoms with Crippen LogP contribution in [-0.4, -0.2) is 17.3 Å². The number of rotatable bonds is 4. The first kappa shape index (κ1) is 13.8. The summed E-state index contributed by atoms with van der Waals surface area (Å²) in [7, 11) is 1.70. The lowest BCUT2D eigenvalue weighted by Crippen LogP contribution is -2.25. The Hall–Kier alpha value is -2.19. The third kappa shape index (κ3) is 2.43. The lowest BCUT2D eigenvalue weighted by Gasteiger charge is -2.22. The summed E-state index contributed by atoms with van der Waals surface area (Å²) in [6.45, 7) is 0. The summed E-state index contributed by atoms with van der Waals surface area (Å²) >= 11 is 0.